The molecule has 6 nitrogen and oxygen atoms in total. The predicted octanol–water partition coefficient (Wildman–Crippen LogP) is 3.73. The van der Waals surface area contributed by atoms with Crippen LogP contribution in [0.2, 0.25) is 0 Å². The Morgan fingerprint density at radius 3 is 2.28 bits per heavy atom. The second kappa shape index (κ2) is 9.51. The van der Waals surface area contributed by atoms with Crippen LogP contribution in [0.4, 0.5) is 0 Å². The molecular formula is C26H35N3O3. The van der Waals surface area contributed by atoms with E-state index in [1.165, 1.54) is 16.7 Å². The summed E-state index contributed by atoms with van der Waals surface area (Å²) in [6.07, 6.45) is 0. The minimum Gasteiger partial charge on any atom is -0.496 e. The first kappa shape index (κ1) is 22.6. The van der Waals surface area contributed by atoms with Gasteiger partial charge in [0.25, 0.3) is 5.91 Å². The lowest BCUT2D eigenvalue weighted by Crippen LogP contribution is -2.43. The summed E-state index contributed by atoms with van der Waals surface area (Å²) >= 11 is 0. The summed E-state index contributed by atoms with van der Waals surface area (Å²) < 4.78 is 11.1. The van der Waals surface area contributed by atoms with Crippen molar-refractivity contribution in [3.05, 3.63) is 58.1 Å². The van der Waals surface area contributed by atoms with Gasteiger partial charge in [-0.3, -0.25) is 9.69 Å². The Morgan fingerprint density at radius 1 is 0.938 bits per heavy atom. The van der Waals surface area contributed by atoms with Gasteiger partial charge in [-0.15, -0.1) is 0 Å². The molecular weight excluding hydrogens is 402 g/mol. The molecule has 2 aromatic carbocycles. The van der Waals surface area contributed by atoms with Crippen molar-refractivity contribution in [2.24, 2.45) is 0 Å². The number of methoxy groups -OCH3 is 2. The van der Waals surface area contributed by atoms with Gasteiger partial charge in [0, 0.05) is 51.9 Å². The molecule has 0 bridgehead atoms. The van der Waals surface area contributed by atoms with Gasteiger partial charge in [-0.25, -0.2) is 0 Å². The molecule has 0 radical (unpaired) electrons. The van der Waals surface area contributed by atoms with Crippen LogP contribution in [-0.2, 0) is 19.6 Å². The molecule has 32 heavy (non-hydrogen) atoms. The van der Waals surface area contributed by atoms with E-state index < -0.39 is 0 Å². The molecule has 0 unspecified atom stereocenters. The largest absolute Gasteiger partial charge is 0.496 e. The van der Waals surface area contributed by atoms with Gasteiger partial charge in [-0.05, 0) is 41.3 Å². The highest BCUT2D eigenvalue weighted by Gasteiger charge is 2.28. The van der Waals surface area contributed by atoms with Crippen molar-refractivity contribution in [1.29, 1.82) is 0 Å². The van der Waals surface area contributed by atoms with Gasteiger partial charge < -0.3 is 19.3 Å². The SMILES string of the molecule is COc1cc(OC)c(C(C)C)cc1C(=O)N1Cc2ccc(CN3CCN(C)CC3)cc2C1. The van der Waals surface area contributed by atoms with Crippen molar-refractivity contribution in [1.82, 2.24) is 14.7 Å². The molecule has 172 valence electrons. The number of likely N-dealkylation sites (N-methyl/N-ethyl adjacent to an activating group) is 1. The fourth-order valence-electron chi connectivity index (χ4n) is 4.67. The van der Waals surface area contributed by atoms with Crippen LogP contribution in [0.25, 0.3) is 0 Å². The maximum Gasteiger partial charge on any atom is 0.258 e. The van der Waals surface area contributed by atoms with Gasteiger partial charge in [-0.1, -0.05) is 32.0 Å². The lowest BCUT2D eigenvalue weighted by Gasteiger charge is -2.32. The van der Waals surface area contributed by atoms with Crippen LogP contribution in [0.1, 0.15) is 52.4 Å². The first-order valence-corrected chi connectivity index (χ1v) is 11.5. The second-order valence-corrected chi connectivity index (χ2v) is 9.29. The number of carbonyl (C=O) groups excluding carboxylic acids is 1. The molecule has 0 saturated carbocycles. The van der Waals surface area contributed by atoms with Crippen LogP contribution in [0.15, 0.2) is 30.3 Å². The molecule has 0 aliphatic carbocycles. The number of carbonyl (C=O) groups is 1. The lowest BCUT2D eigenvalue weighted by molar-refractivity contribution is 0.0747. The normalized spacial score (nSPS) is 17.0. The molecule has 2 heterocycles. The van der Waals surface area contributed by atoms with Crippen LogP contribution in [0.3, 0.4) is 0 Å². The Kier molecular flexibility index (Phi) is 6.72. The highest BCUT2D eigenvalue weighted by atomic mass is 16.5. The average molecular weight is 438 g/mol. The molecule has 2 aromatic rings. The van der Waals surface area contributed by atoms with E-state index in [9.17, 15) is 4.79 Å². The van der Waals surface area contributed by atoms with E-state index in [1.54, 1.807) is 14.2 Å². The summed E-state index contributed by atoms with van der Waals surface area (Å²) in [4.78, 5) is 20.3. The van der Waals surface area contributed by atoms with Gasteiger partial charge >= 0.3 is 0 Å². The first-order chi connectivity index (χ1) is 15.4. The number of hydrogen-bond acceptors (Lipinski definition) is 5. The number of nitrogens with zero attached hydrogens (tertiary/aromatic N) is 3. The Labute approximate surface area is 191 Å². The monoisotopic (exact) mass is 437 g/mol. The molecule has 0 spiro atoms. The zero-order valence-electron chi connectivity index (χ0n) is 20.0. The van der Waals surface area contributed by atoms with E-state index >= 15 is 0 Å². The summed E-state index contributed by atoms with van der Waals surface area (Å²) in [6, 6.07) is 10.5. The van der Waals surface area contributed by atoms with Crippen LogP contribution >= 0.6 is 0 Å². The van der Waals surface area contributed by atoms with E-state index in [2.05, 4.69) is 48.9 Å². The van der Waals surface area contributed by atoms with Crippen molar-refractivity contribution >= 4 is 5.91 Å². The summed E-state index contributed by atoms with van der Waals surface area (Å²) in [5, 5.41) is 0. The quantitative estimate of drug-likeness (QED) is 0.689. The molecule has 0 N–H and O–H groups in total. The number of amides is 1. The summed E-state index contributed by atoms with van der Waals surface area (Å²) in [6.45, 7) is 10.9. The maximum absolute atomic E-state index is 13.5. The average Bonchev–Trinajstić information content (AvgIpc) is 3.22. The van der Waals surface area contributed by atoms with Crippen molar-refractivity contribution < 1.29 is 14.3 Å². The summed E-state index contributed by atoms with van der Waals surface area (Å²) in [7, 11) is 5.43. The zero-order valence-corrected chi connectivity index (χ0v) is 20.0. The fraction of sp³-hybridized carbons (Fsp3) is 0.500. The molecule has 2 aliphatic rings. The van der Waals surface area contributed by atoms with Crippen molar-refractivity contribution in [2.45, 2.75) is 39.4 Å². The van der Waals surface area contributed by atoms with E-state index in [4.69, 9.17) is 9.47 Å². The van der Waals surface area contributed by atoms with Gasteiger partial charge in [0.2, 0.25) is 0 Å². The zero-order chi connectivity index (χ0) is 22.8. The minimum atomic E-state index is 0.00298. The van der Waals surface area contributed by atoms with Crippen molar-refractivity contribution in [3.63, 3.8) is 0 Å². The third-order valence-corrected chi connectivity index (χ3v) is 6.69. The molecule has 1 amide bonds. The van der Waals surface area contributed by atoms with Crippen molar-refractivity contribution in [3.8, 4) is 11.5 Å². The van der Waals surface area contributed by atoms with Gasteiger partial charge in [0.1, 0.15) is 11.5 Å². The van der Waals surface area contributed by atoms with Gasteiger partial charge in [0.05, 0.1) is 19.8 Å². The van der Waals surface area contributed by atoms with Crippen LogP contribution < -0.4 is 9.47 Å². The van der Waals surface area contributed by atoms with Crippen molar-refractivity contribution in [2.75, 3.05) is 47.4 Å². The van der Waals surface area contributed by atoms with E-state index in [-0.39, 0.29) is 11.8 Å². The minimum absolute atomic E-state index is 0.00298. The molecule has 0 aromatic heterocycles. The highest BCUT2D eigenvalue weighted by molar-refractivity contribution is 5.97. The predicted molar refractivity (Wildman–Crippen MR) is 126 cm³/mol. The van der Waals surface area contributed by atoms with E-state index in [0.29, 0.717) is 24.4 Å². The van der Waals surface area contributed by atoms with Crippen LogP contribution in [0, 0.1) is 0 Å². The number of piperazine rings is 1. The standard InChI is InChI=1S/C26H35N3O3/c1-18(2)22-13-23(25(32-5)14-24(22)31-4)26(30)29-16-20-7-6-19(12-21(20)17-29)15-28-10-8-27(3)9-11-28/h6-7,12-14,18H,8-11,15-17H2,1-5H3. The topological polar surface area (TPSA) is 45.3 Å². The van der Waals surface area contributed by atoms with Gasteiger partial charge in [0.15, 0.2) is 0 Å². The smallest absolute Gasteiger partial charge is 0.258 e. The van der Waals surface area contributed by atoms with Crippen LogP contribution in [0.5, 0.6) is 11.5 Å². The molecule has 1 fully saturated rings. The van der Waals surface area contributed by atoms with E-state index in [0.717, 1.165) is 44.0 Å². The number of ether oxygens (including phenoxy) is 2. The highest BCUT2D eigenvalue weighted by Crippen LogP contribution is 2.35. The molecule has 1 saturated heterocycles. The third-order valence-electron chi connectivity index (χ3n) is 6.69. The number of hydrogen-bond donors (Lipinski definition) is 0. The Hall–Kier alpha value is -2.57. The van der Waals surface area contributed by atoms with Gasteiger partial charge in [-0.2, -0.15) is 0 Å². The molecule has 6 heteroatoms. The first-order valence-electron chi connectivity index (χ1n) is 11.5. The second-order valence-electron chi connectivity index (χ2n) is 9.29. The summed E-state index contributed by atoms with van der Waals surface area (Å²) in [5.74, 6) is 1.56. The molecule has 4 rings (SSSR count). The third kappa shape index (κ3) is 4.62. The number of fused-ring (bicyclic) bond motifs is 1. The number of rotatable bonds is 6. The van der Waals surface area contributed by atoms with E-state index in [1.807, 2.05) is 17.0 Å². The Balaban J connectivity index is 1.51. The Bertz CT molecular complexity index is 981. The summed E-state index contributed by atoms with van der Waals surface area (Å²) in [5.41, 5.74) is 5.43. The molecule has 2 aliphatic heterocycles. The fourth-order valence-corrected chi connectivity index (χ4v) is 4.67. The maximum atomic E-state index is 13.5. The Morgan fingerprint density at radius 2 is 1.62 bits per heavy atom. The van der Waals surface area contributed by atoms with Crippen LogP contribution in [-0.4, -0.2) is 68.1 Å². The lowest BCUT2D eigenvalue weighted by atomic mass is 9.98. The molecule has 0 atom stereocenters. The number of benzene rings is 2.